The van der Waals surface area contributed by atoms with E-state index in [2.05, 4.69) is 30.1 Å². The third kappa shape index (κ3) is 2.37. The summed E-state index contributed by atoms with van der Waals surface area (Å²) in [6.45, 7) is 9.34. The van der Waals surface area contributed by atoms with E-state index in [4.69, 9.17) is 0 Å². The van der Waals surface area contributed by atoms with Gasteiger partial charge in [-0.25, -0.2) is 0 Å². The summed E-state index contributed by atoms with van der Waals surface area (Å²) in [5, 5.41) is 3.67. The summed E-state index contributed by atoms with van der Waals surface area (Å²) in [4.78, 5) is 2.60. The predicted molar refractivity (Wildman–Crippen MR) is 60.4 cm³/mol. The molecule has 0 aromatic rings. The molecule has 0 radical (unpaired) electrons. The van der Waals surface area contributed by atoms with Crippen molar-refractivity contribution in [2.24, 2.45) is 5.92 Å². The molecule has 3 aliphatic rings. The lowest BCUT2D eigenvalue weighted by Crippen LogP contribution is -2.56. The average Bonchev–Trinajstić information content (AvgIpc) is 2.19. The van der Waals surface area contributed by atoms with Gasteiger partial charge in [0.1, 0.15) is 0 Å². The minimum atomic E-state index is 0.758. The molecule has 3 aliphatic heterocycles. The molecular formula is C12H22N2. The fourth-order valence-corrected chi connectivity index (χ4v) is 2.61. The third-order valence-corrected chi connectivity index (χ3v) is 3.55. The molecule has 0 aliphatic carbocycles. The highest BCUT2D eigenvalue weighted by atomic mass is 15.2. The van der Waals surface area contributed by atoms with Gasteiger partial charge in [0.05, 0.1) is 0 Å². The number of nitrogens with zero attached hydrogens (tertiary/aromatic N) is 1. The van der Waals surface area contributed by atoms with Gasteiger partial charge in [0.2, 0.25) is 0 Å². The molecule has 0 aromatic heterocycles. The summed E-state index contributed by atoms with van der Waals surface area (Å²) in [5.41, 5.74) is 1.42. The van der Waals surface area contributed by atoms with E-state index in [-0.39, 0.29) is 0 Å². The Bertz CT molecular complexity index is 210. The van der Waals surface area contributed by atoms with Crippen LogP contribution >= 0.6 is 0 Å². The van der Waals surface area contributed by atoms with E-state index < -0.39 is 0 Å². The first-order valence-electron chi connectivity index (χ1n) is 5.85. The Hall–Kier alpha value is -0.340. The molecule has 3 saturated heterocycles. The molecule has 3 heterocycles. The van der Waals surface area contributed by atoms with Crippen LogP contribution in [-0.2, 0) is 0 Å². The van der Waals surface area contributed by atoms with Crippen LogP contribution in [-0.4, -0.2) is 37.1 Å². The monoisotopic (exact) mass is 194 g/mol. The van der Waals surface area contributed by atoms with E-state index in [0.29, 0.717) is 0 Å². The Balaban J connectivity index is 1.78. The minimum Gasteiger partial charge on any atom is -0.309 e. The van der Waals surface area contributed by atoms with Crippen molar-refractivity contribution < 1.29 is 0 Å². The van der Waals surface area contributed by atoms with Gasteiger partial charge in [0.15, 0.2) is 0 Å². The molecule has 2 heteroatoms. The molecule has 1 unspecified atom stereocenters. The first-order valence-corrected chi connectivity index (χ1v) is 5.85. The van der Waals surface area contributed by atoms with E-state index in [0.717, 1.165) is 18.5 Å². The van der Waals surface area contributed by atoms with Gasteiger partial charge in [-0.3, -0.25) is 0 Å². The highest BCUT2D eigenvalue weighted by molar-refractivity contribution is 4.97. The molecule has 0 spiro atoms. The molecule has 1 atom stereocenters. The van der Waals surface area contributed by atoms with Gasteiger partial charge in [0, 0.05) is 19.1 Å². The molecule has 0 saturated carbocycles. The number of hydrogen-bond acceptors (Lipinski definition) is 2. The summed E-state index contributed by atoms with van der Waals surface area (Å²) >= 11 is 0. The average molecular weight is 194 g/mol. The lowest BCUT2D eigenvalue weighted by molar-refractivity contribution is 0.0745. The van der Waals surface area contributed by atoms with Gasteiger partial charge >= 0.3 is 0 Å². The fourth-order valence-electron chi connectivity index (χ4n) is 2.61. The van der Waals surface area contributed by atoms with Crippen molar-refractivity contribution in [1.29, 1.82) is 0 Å². The zero-order chi connectivity index (χ0) is 9.97. The Morgan fingerprint density at radius 3 is 2.57 bits per heavy atom. The summed E-state index contributed by atoms with van der Waals surface area (Å²) in [6.07, 6.45) is 5.11. The summed E-state index contributed by atoms with van der Waals surface area (Å²) in [7, 11) is 0. The molecule has 2 bridgehead atoms. The maximum absolute atomic E-state index is 3.67. The standard InChI is InChI=1S/C12H22N2/c1-10(2)3-6-13-12-9-14-7-4-11(12)5-8-14/h3,11-13H,4-9H2,1-2H3. The van der Waals surface area contributed by atoms with Gasteiger partial charge in [-0.2, -0.15) is 0 Å². The molecule has 0 amide bonds. The third-order valence-electron chi connectivity index (χ3n) is 3.55. The van der Waals surface area contributed by atoms with Crippen molar-refractivity contribution in [2.45, 2.75) is 32.7 Å². The quantitative estimate of drug-likeness (QED) is 0.687. The van der Waals surface area contributed by atoms with E-state index in [9.17, 15) is 0 Å². The van der Waals surface area contributed by atoms with Crippen LogP contribution in [0.15, 0.2) is 11.6 Å². The number of fused-ring (bicyclic) bond motifs is 3. The Kier molecular flexibility index (Phi) is 3.24. The molecule has 1 N–H and O–H groups in total. The molecule has 0 aromatic carbocycles. The van der Waals surface area contributed by atoms with Gasteiger partial charge in [0.25, 0.3) is 0 Å². The van der Waals surface area contributed by atoms with Gasteiger partial charge in [-0.15, -0.1) is 0 Å². The maximum atomic E-state index is 3.67. The van der Waals surface area contributed by atoms with Crippen molar-refractivity contribution in [2.75, 3.05) is 26.2 Å². The molecule has 80 valence electrons. The number of nitrogens with one attached hydrogen (secondary N) is 1. The Morgan fingerprint density at radius 2 is 2.07 bits per heavy atom. The van der Waals surface area contributed by atoms with Crippen molar-refractivity contribution in [1.82, 2.24) is 10.2 Å². The smallest absolute Gasteiger partial charge is 0.0227 e. The number of hydrogen-bond donors (Lipinski definition) is 1. The highest BCUT2D eigenvalue weighted by Gasteiger charge is 2.33. The number of allylic oxidation sites excluding steroid dienone is 1. The zero-order valence-electron chi connectivity index (χ0n) is 9.42. The van der Waals surface area contributed by atoms with Crippen LogP contribution in [0.4, 0.5) is 0 Å². The van der Waals surface area contributed by atoms with Gasteiger partial charge in [-0.05, 0) is 45.7 Å². The summed E-state index contributed by atoms with van der Waals surface area (Å²) in [6, 6.07) is 0.758. The lowest BCUT2D eigenvalue weighted by Gasteiger charge is -2.45. The lowest BCUT2D eigenvalue weighted by atomic mass is 9.84. The first-order chi connectivity index (χ1) is 6.75. The topological polar surface area (TPSA) is 15.3 Å². The first kappa shape index (κ1) is 10.2. The highest BCUT2D eigenvalue weighted by Crippen LogP contribution is 2.27. The molecule has 2 nitrogen and oxygen atoms in total. The number of piperidine rings is 3. The van der Waals surface area contributed by atoms with Gasteiger partial charge in [-0.1, -0.05) is 11.6 Å². The van der Waals surface area contributed by atoms with Gasteiger partial charge < -0.3 is 10.2 Å². The largest absolute Gasteiger partial charge is 0.309 e. The van der Waals surface area contributed by atoms with Crippen molar-refractivity contribution in [3.05, 3.63) is 11.6 Å². The molecular weight excluding hydrogens is 172 g/mol. The SMILES string of the molecule is CC(C)=CCNC1CN2CCC1CC2. The van der Waals surface area contributed by atoms with Crippen molar-refractivity contribution in [3.63, 3.8) is 0 Å². The Morgan fingerprint density at radius 1 is 1.36 bits per heavy atom. The predicted octanol–water partition coefficient (Wildman–Crippen LogP) is 1.64. The van der Waals surface area contributed by atoms with E-state index in [1.165, 1.54) is 38.0 Å². The number of rotatable bonds is 3. The normalized spacial score (nSPS) is 35.7. The van der Waals surface area contributed by atoms with Crippen LogP contribution in [0.5, 0.6) is 0 Å². The van der Waals surface area contributed by atoms with E-state index in [1.807, 2.05) is 0 Å². The van der Waals surface area contributed by atoms with Crippen molar-refractivity contribution in [3.8, 4) is 0 Å². The van der Waals surface area contributed by atoms with Crippen molar-refractivity contribution >= 4 is 0 Å². The summed E-state index contributed by atoms with van der Waals surface area (Å²) in [5.74, 6) is 0.950. The maximum Gasteiger partial charge on any atom is 0.0227 e. The second-order valence-electron chi connectivity index (χ2n) is 4.93. The van der Waals surface area contributed by atoms with E-state index >= 15 is 0 Å². The fraction of sp³-hybridized carbons (Fsp3) is 0.833. The molecule has 3 rings (SSSR count). The second kappa shape index (κ2) is 4.45. The van der Waals surface area contributed by atoms with Crippen LogP contribution < -0.4 is 5.32 Å². The second-order valence-corrected chi connectivity index (χ2v) is 4.93. The minimum absolute atomic E-state index is 0.758. The molecule has 3 fully saturated rings. The van der Waals surface area contributed by atoms with Crippen LogP contribution in [0.1, 0.15) is 26.7 Å². The van der Waals surface area contributed by atoms with Crippen LogP contribution in [0.3, 0.4) is 0 Å². The zero-order valence-corrected chi connectivity index (χ0v) is 9.42. The van der Waals surface area contributed by atoms with Crippen LogP contribution in [0, 0.1) is 5.92 Å². The Labute approximate surface area is 87.4 Å². The molecule has 14 heavy (non-hydrogen) atoms. The van der Waals surface area contributed by atoms with Crippen LogP contribution in [0.25, 0.3) is 0 Å². The van der Waals surface area contributed by atoms with E-state index in [1.54, 1.807) is 0 Å². The summed E-state index contributed by atoms with van der Waals surface area (Å²) < 4.78 is 0. The van der Waals surface area contributed by atoms with Crippen LogP contribution in [0.2, 0.25) is 0 Å².